The van der Waals surface area contributed by atoms with Gasteiger partial charge in [-0.1, -0.05) is 27.4 Å². The standard InChI is InChI=1S/C16H29BrN4O3/c1-8-12(14(18-6)19-11(5)17)21(9-2)15(22)13(10(3)4)20-16(23)24-7/h10,12-13H,5,8-9H2,1-4,6-7H3,(H,18,19)(H,20,23). The Morgan fingerprint density at radius 3 is 2.25 bits per heavy atom. The Bertz CT molecular complexity index is 480. The number of ether oxygens (including phenoxy) is 1. The van der Waals surface area contributed by atoms with E-state index < -0.39 is 12.1 Å². The number of rotatable bonds is 8. The number of nitrogens with zero attached hydrogens (tertiary/aromatic N) is 2. The number of alkyl carbamates (subject to hydrolysis) is 1. The number of nitrogens with one attached hydrogen (secondary N) is 2. The Labute approximate surface area is 153 Å². The zero-order valence-electron chi connectivity index (χ0n) is 15.4. The lowest BCUT2D eigenvalue weighted by atomic mass is 10.0. The minimum atomic E-state index is -0.670. The third-order valence-electron chi connectivity index (χ3n) is 3.60. The zero-order valence-corrected chi connectivity index (χ0v) is 16.9. The lowest BCUT2D eigenvalue weighted by molar-refractivity contribution is -0.135. The number of amidine groups is 1. The number of amides is 2. The Morgan fingerprint density at radius 1 is 1.33 bits per heavy atom. The van der Waals surface area contributed by atoms with Crippen molar-refractivity contribution in [1.29, 1.82) is 0 Å². The fourth-order valence-corrected chi connectivity index (χ4v) is 2.60. The van der Waals surface area contributed by atoms with Crippen molar-refractivity contribution in [2.75, 3.05) is 20.7 Å². The highest BCUT2D eigenvalue weighted by atomic mass is 79.9. The van der Waals surface area contributed by atoms with Gasteiger partial charge in [-0.05, 0) is 35.2 Å². The second-order valence-corrected chi connectivity index (χ2v) is 6.50. The number of methoxy groups -OCH3 is 1. The van der Waals surface area contributed by atoms with E-state index in [1.54, 1.807) is 11.9 Å². The summed E-state index contributed by atoms with van der Waals surface area (Å²) in [4.78, 5) is 30.5. The molecule has 0 saturated heterocycles. The molecule has 7 nitrogen and oxygen atoms in total. The summed E-state index contributed by atoms with van der Waals surface area (Å²) in [5.41, 5.74) is 0. The van der Waals surface area contributed by atoms with E-state index in [9.17, 15) is 9.59 Å². The topological polar surface area (TPSA) is 83.0 Å². The number of aliphatic imine (C=N–C) groups is 1. The van der Waals surface area contributed by atoms with Gasteiger partial charge in [-0.3, -0.25) is 9.79 Å². The SMILES string of the molecule is C=C(Br)NC(=NC)C(CC)N(CC)C(=O)C(NC(=O)OC)C(C)C. The van der Waals surface area contributed by atoms with E-state index in [2.05, 4.69) is 42.9 Å². The summed E-state index contributed by atoms with van der Waals surface area (Å²) in [6, 6.07) is -0.917. The number of likely N-dealkylation sites (N-methyl/N-ethyl adjacent to an activating group) is 1. The van der Waals surface area contributed by atoms with Crippen LogP contribution in [-0.4, -0.2) is 55.5 Å². The van der Waals surface area contributed by atoms with Gasteiger partial charge in [-0.2, -0.15) is 0 Å². The van der Waals surface area contributed by atoms with Crippen LogP contribution in [0.2, 0.25) is 0 Å². The number of carbonyl (C=O) groups excluding carboxylic acids is 2. The molecule has 0 aliphatic heterocycles. The van der Waals surface area contributed by atoms with Crippen LogP contribution in [0.1, 0.15) is 34.1 Å². The molecule has 2 unspecified atom stereocenters. The van der Waals surface area contributed by atoms with Crippen LogP contribution in [-0.2, 0) is 9.53 Å². The second kappa shape index (κ2) is 11.1. The monoisotopic (exact) mass is 404 g/mol. The molecule has 138 valence electrons. The highest BCUT2D eigenvalue weighted by molar-refractivity contribution is 9.11. The summed E-state index contributed by atoms with van der Waals surface area (Å²) < 4.78 is 5.20. The van der Waals surface area contributed by atoms with Crippen LogP contribution in [0.25, 0.3) is 0 Å². The summed E-state index contributed by atoms with van der Waals surface area (Å²) in [7, 11) is 2.93. The van der Waals surface area contributed by atoms with E-state index in [0.717, 1.165) is 0 Å². The van der Waals surface area contributed by atoms with E-state index >= 15 is 0 Å². The van der Waals surface area contributed by atoms with Gasteiger partial charge in [0.05, 0.1) is 17.8 Å². The molecule has 0 bridgehead atoms. The van der Waals surface area contributed by atoms with Crippen LogP contribution >= 0.6 is 15.9 Å². The van der Waals surface area contributed by atoms with Crippen molar-refractivity contribution in [1.82, 2.24) is 15.5 Å². The Kier molecular flexibility index (Phi) is 10.3. The molecule has 0 saturated carbocycles. The minimum absolute atomic E-state index is 0.0794. The molecular formula is C16H29BrN4O3. The smallest absolute Gasteiger partial charge is 0.407 e. The van der Waals surface area contributed by atoms with Crippen molar-refractivity contribution in [3.8, 4) is 0 Å². The van der Waals surface area contributed by atoms with Crippen molar-refractivity contribution in [2.24, 2.45) is 10.9 Å². The van der Waals surface area contributed by atoms with Crippen LogP contribution in [0.3, 0.4) is 0 Å². The second-order valence-electron chi connectivity index (χ2n) is 5.54. The lowest BCUT2D eigenvalue weighted by Gasteiger charge is -2.35. The van der Waals surface area contributed by atoms with E-state index in [1.807, 2.05) is 27.7 Å². The predicted octanol–water partition coefficient (Wildman–Crippen LogP) is 2.48. The fourth-order valence-electron chi connectivity index (χ4n) is 2.40. The molecule has 0 rings (SSSR count). The van der Waals surface area contributed by atoms with Crippen molar-refractivity contribution in [2.45, 2.75) is 46.2 Å². The molecule has 0 radical (unpaired) electrons. The zero-order chi connectivity index (χ0) is 18.9. The van der Waals surface area contributed by atoms with Crippen molar-refractivity contribution < 1.29 is 14.3 Å². The van der Waals surface area contributed by atoms with Crippen LogP contribution in [0.15, 0.2) is 16.2 Å². The van der Waals surface area contributed by atoms with E-state index in [4.69, 9.17) is 0 Å². The highest BCUT2D eigenvalue weighted by Gasteiger charge is 2.33. The minimum Gasteiger partial charge on any atom is -0.453 e. The van der Waals surface area contributed by atoms with Gasteiger partial charge in [-0.25, -0.2) is 4.79 Å². The first-order chi connectivity index (χ1) is 11.2. The summed E-state index contributed by atoms with van der Waals surface area (Å²) in [6.07, 6.45) is 0.0465. The maximum Gasteiger partial charge on any atom is 0.407 e. The molecule has 2 atom stereocenters. The molecular weight excluding hydrogens is 376 g/mol. The summed E-state index contributed by atoms with van der Waals surface area (Å²) in [5, 5.41) is 5.65. The molecule has 2 amide bonds. The van der Waals surface area contributed by atoms with Gasteiger partial charge in [0.25, 0.3) is 0 Å². The van der Waals surface area contributed by atoms with E-state index in [0.29, 0.717) is 23.4 Å². The van der Waals surface area contributed by atoms with Crippen LogP contribution < -0.4 is 10.6 Å². The summed E-state index contributed by atoms with van der Waals surface area (Å²) in [5.74, 6) is 0.382. The molecule has 0 aromatic heterocycles. The Balaban J connectivity index is 5.53. The summed E-state index contributed by atoms with van der Waals surface area (Å²) >= 11 is 3.25. The molecule has 0 heterocycles. The van der Waals surface area contributed by atoms with Crippen LogP contribution in [0.5, 0.6) is 0 Å². The van der Waals surface area contributed by atoms with Gasteiger partial charge >= 0.3 is 6.09 Å². The molecule has 0 aliphatic rings. The largest absolute Gasteiger partial charge is 0.453 e. The molecule has 0 aliphatic carbocycles. The fraction of sp³-hybridized carbons (Fsp3) is 0.688. The number of carbonyl (C=O) groups is 2. The maximum absolute atomic E-state index is 13.0. The highest BCUT2D eigenvalue weighted by Crippen LogP contribution is 2.14. The van der Waals surface area contributed by atoms with Gasteiger partial charge in [-0.15, -0.1) is 0 Å². The molecule has 0 aromatic carbocycles. The summed E-state index contributed by atoms with van der Waals surface area (Å²) in [6.45, 7) is 11.9. The molecule has 0 spiro atoms. The number of hydrogen-bond acceptors (Lipinski definition) is 4. The first-order valence-corrected chi connectivity index (χ1v) is 8.75. The van der Waals surface area contributed by atoms with Gasteiger partial charge < -0.3 is 20.3 Å². The van der Waals surface area contributed by atoms with Gasteiger partial charge in [0.15, 0.2) is 0 Å². The van der Waals surface area contributed by atoms with Crippen LogP contribution in [0, 0.1) is 5.92 Å². The Morgan fingerprint density at radius 2 is 1.92 bits per heavy atom. The third kappa shape index (κ3) is 6.51. The average molecular weight is 405 g/mol. The van der Waals surface area contributed by atoms with Crippen molar-refractivity contribution in [3.05, 3.63) is 11.2 Å². The molecule has 0 aromatic rings. The van der Waals surface area contributed by atoms with Crippen molar-refractivity contribution >= 4 is 33.8 Å². The molecule has 0 fully saturated rings. The molecule has 8 heteroatoms. The average Bonchev–Trinajstić information content (AvgIpc) is 2.54. The van der Waals surface area contributed by atoms with Gasteiger partial charge in [0.1, 0.15) is 11.9 Å². The third-order valence-corrected chi connectivity index (χ3v) is 3.80. The van der Waals surface area contributed by atoms with E-state index in [1.165, 1.54) is 7.11 Å². The predicted molar refractivity (Wildman–Crippen MR) is 100 cm³/mol. The Hall–Kier alpha value is -1.57. The number of halogens is 1. The van der Waals surface area contributed by atoms with E-state index in [-0.39, 0.29) is 17.9 Å². The quantitative estimate of drug-likeness (QED) is 0.369. The first-order valence-electron chi connectivity index (χ1n) is 7.96. The van der Waals surface area contributed by atoms with Gasteiger partial charge in [0, 0.05) is 13.6 Å². The molecule has 2 N–H and O–H groups in total. The number of hydrogen-bond donors (Lipinski definition) is 2. The first kappa shape index (κ1) is 22.4. The van der Waals surface area contributed by atoms with Crippen LogP contribution in [0.4, 0.5) is 4.79 Å². The molecule has 24 heavy (non-hydrogen) atoms. The van der Waals surface area contributed by atoms with Gasteiger partial charge in [0.2, 0.25) is 5.91 Å². The maximum atomic E-state index is 13.0. The lowest BCUT2D eigenvalue weighted by Crippen LogP contribution is -2.57. The normalized spacial score (nSPS) is 13.9. The van der Waals surface area contributed by atoms with Crippen molar-refractivity contribution in [3.63, 3.8) is 0 Å².